The molecule has 1 N–H and O–H groups in total. The topological polar surface area (TPSA) is 12.0 Å². The molecular formula is C17H31N. The van der Waals surface area contributed by atoms with E-state index in [4.69, 9.17) is 0 Å². The zero-order valence-electron chi connectivity index (χ0n) is 13.0. The standard InChI is InChI=1S/C17H31N/c1-6-8-9-16(18-7-2)14-10-12-15(13-11-14)17(3,4)5/h14-16,18H,7,9-13H2,1-5H3. The Morgan fingerprint density at radius 1 is 1.17 bits per heavy atom. The first kappa shape index (κ1) is 15.6. The summed E-state index contributed by atoms with van der Waals surface area (Å²) in [5, 5.41) is 3.64. The van der Waals surface area contributed by atoms with Crippen LogP contribution in [0.5, 0.6) is 0 Å². The van der Waals surface area contributed by atoms with E-state index in [-0.39, 0.29) is 0 Å². The third-order valence-electron chi connectivity index (χ3n) is 4.53. The van der Waals surface area contributed by atoms with Crippen molar-refractivity contribution in [2.45, 2.75) is 72.8 Å². The smallest absolute Gasteiger partial charge is 0.0245 e. The van der Waals surface area contributed by atoms with E-state index in [9.17, 15) is 0 Å². The Morgan fingerprint density at radius 2 is 1.78 bits per heavy atom. The van der Waals surface area contributed by atoms with E-state index in [1.54, 1.807) is 0 Å². The molecule has 1 fully saturated rings. The van der Waals surface area contributed by atoms with Gasteiger partial charge in [0.2, 0.25) is 0 Å². The maximum Gasteiger partial charge on any atom is 0.0245 e. The normalized spacial score (nSPS) is 26.3. The fourth-order valence-electron chi connectivity index (χ4n) is 3.27. The third-order valence-corrected chi connectivity index (χ3v) is 4.53. The van der Waals surface area contributed by atoms with Gasteiger partial charge in [0.1, 0.15) is 0 Å². The Labute approximate surface area is 114 Å². The predicted molar refractivity (Wildman–Crippen MR) is 80.4 cm³/mol. The third kappa shape index (κ3) is 4.65. The molecule has 1 saturated carbocycles. The second-order valence-corrected chi connectivity index (χ2v) is 6.77. The lowest BCUT2D eigenvalue weighted by Crippen LogP contribution is -2.39. The van der Waals surface area contributed by atoms with E-state index in [1.165, 1.54) is 25.7 Å². The molecule has 1 heteroatoms. The molecule has 0 aromatic rings. The fourth-order valence-corrected chi connectivity index (χ4v) is 3.27. The minimum absolute atomic E-state index is 0.488. The van der Waals surface area contributed by atoms with E-state index in [0.717, 1.165) is 24.8 Å². The van der Waals surface area contributed by atoms with E-state index in [0.29, 0.717) is 11.5 Å². The van der Waals surface area contributed by atoms with Gasteiger partial charge in [0.25, 0.3) is 0 Å². The molecule has 1 aliphatic carbocycles. The highest BCUT2D eigenvalue weighted by molar-refractivity contribution is 5.00. The van der Waals surface area contributed by atoms with Crippen LogP contribution in [-0.2, 0) is 0 Å². The van der Waals surface area contributed by atoms with Gasteiger partial charge in [-0.1, -0.05) is 27.7 Å². The lowest BCUT2D eigenvalue weighted by atomic mass is 9.68. The quantitative estimate of drug-likeness (QED) is 0.735. The van der Waals surface area contributed by atoms with Gasteiger partial charge < -0.3 is 5.32 Å². The Bertz CT molecular complexity index is 281. The van der Waals surface area contributed by atoms with Crippen molar-refractivity contribution >= 4 is 0 Å². The molecule has 0 radical (unpaired) electrons. The van der Waals surface area contributed by atoms with Crippen LogP contribution in [-0.4, -0.2) is 12.6 Å². The van der Waals surface area contributed by atoms with Crippen LogP contribution in [0.15, 0.2) is 0 Å². The zero-order valence-corrected chi connectivity index (χ0v) is 13.0. The van der Waals surface area contributed by atoms with Crippen molar-refractivity contribution in [1.29, 1.82) is 0 Å². The lowest BCUT2D eigenvalue weighted by Gasteiger charge is -2.39. The van der Waals surface area contributed by atoms with Gasteiger partial charge in [0.05, 0.1) is 0 Å². The molecule has 0 bridgehead atoms. The van der Waals surface area contributed by atoms with Crippen molar-refractivity contribution in [2.24, 2.45) is 17.3 Å². The van der Waals surface area contributed by atoms with Crippen LogP contribution < -0.4 is 5.32 Å². The van der Waals surface area contributed by atoms with E-state index >= 15 is 0 Å². The molecule has 1 atom stereocenters. The number of hydrogen-bond acceptors (Lipinski definition) is 1. The van der Waals surface area contributed by atoms with Crippen molar-refractivity contribution in [3.8, 4) is 11.8 Å². The Hall–Kier alpha value is -0.480. The molecular weight excluding hydrogens is 218 g/mol. The number of nitrogens with one attached hydrogen (secondary N) is 1. The molecule has 0 aliphatic heterocycles. The van der Waals surface area contributed by atoms with Crippen molar-refractivity contribution in [3.63, 3.8) is 0 Å². The van der Waals surface area contributed by atoms with Crippen LogP contribution in [0.1, 0.15) is 66.7 Å². The lowest BCUT2D eigenvalue weighted by molar-refractivity contribution is 0.133. The monoisotopic (exact) mass is 249 g/mol. The summed E-state index contributed by atoms with van der Waals surface area (Å²) in [5.41, 5.74) is 0.488. The maximum absolute atomic E-state index is 3.64. The summed E-state index contributed by atoms with van der Waals surface area (Å²) < 4.78 is 0. The van der Waals surface area contributed by atoms with Crippen LogP contribution in [0.4, 0.5) is 0 Å². The SMILES string of the molecule is CC#CCC(NCC)C1CCC(C(C)(C)C)CC1. The second-order valence-electron chi connectivity index (χ2n) is 6.77. The van der Waals surface area contributed by atoms with Gasteiger partial charge >= 0.3 is 0 Å². The first-order valence-corrected chi connectivity index (χ1v) is 7.62. The highest BCUT2D eigenvalue weighted by Gasteiger charge is 2.32. The first-order chi connectivity index (χ1) is 8.49. The van der Waals surface area contributed by atoms with E-state index < -0.39 is 0 Å². The van der Waals surface area contributed by atoms with Gasteiger partial charge in [-0.05, 0) is 56.4 Å². The van der Waals surface area contributed by atoms with Gasteiger partial charge in [0, 0.05) is 12.5 Å². The average Bonchev–Trinajstić information content (AvgIpc) is 2.33. The van der Waals surface area contributed by atoms with Crippen molar-refractivity contribution in [3.05, 3.63) is 0 Å². The molecule has 1 unspecified atom stereocenters. The van der Waals surface area contributed by atoms with Gasteiger partial charge in [0.15, 0.2) is 0 Å². The molecule has 0 amide bonds. The van der Waals surface area contributed by atoms with Gasteiger partial charge in [-0.2, -0.15) is 0 Å². The molecule has 18 heavy (non-hydrogen) atoms. The molecule has 0 heterocycles. The summed E-state index contributed by atoms with van der Waals surface area (Å²) in [6.07, 6.45) is 6.58. The molecule has 1 aliphatic rings. The van der Waals surface area contributed by atoms with Crippen LogP contribution >= 0.6 is 0 Å². The minimum Gasteiger partial charge on any atom is -0.313 e. The van der Waals surface area contributed by atoms with E-state index in [1.807, 2.05) is 6.92 Å². The summed E-state index contributed by atoms with van der Waals surface area (Å²) in [5.74, 6) is 8.05. The number of rotatable bonds is 4. The molecule has 0 saturated heterocycles. The van der Waals surface area contributed by atoms with Crippen LogP contribution in [0.2, 0.25) is 0 Å². The maximum atomic E-state index is 3.64. The largest absolute Gasteiger partial charge is 0.313 e. The minimum atomic E-state index is 0.488. The molecule has 1 rings (SSSR count). The summed E-state index contributed by atoms with van der Waals surface area (Å²) in [4.78, 5) is 0. The first-order valence-electron chi connectivity index (χ1n) is 7.62. The molecule has 0 aromatic heterocycles. The molecule has 0 spiro atoms. The summed E-state index contributed by atoms with van der Waals surface area (Å²) >= 11 is 0. The zero-order chi connectivity index (χ0) is 13.6. The fraction of sp³-hybridized carbons (Fsp3) is 0.882. The van der Waals surface area contributed by atoms with Crippen molar-refractivity contribution in [2.75, 3.05) is 6.54 Å². The summed E-state index contributed by atoms with van der Waals surface area (Å²) in [6.45, 7) is 12.4. The van der Waals surface area contributed by atoms with Crippen molar-refractivity contribution in [1.82, 2.24) is 5.32 Å². The van der Waals surface area contributed by atoms with Gasteiger partial charge in [-0.15, -0.1) is 11.8 Å². The van der Waals surface area contributed by atoms with E-state index in [2.05, 4.69) is 44.9 Å². The highest BCUT2D eigenvalue weighted by atomic mass is 14.9. The van der Waals surface area contributed by atoms with Gasteiger partial charge in [-0.3, -0.25) is 0 Å². The van der Waals surface area contributed by atoms with Crippen LogP contribution in [0.3, 0.4) is 0 Å². The molecule has 1 nitrogen and oxygen atoms in total. The Kier molecular flexibility index (Phi) is 6.22. The highest BCUT2D eigenvalue weighted by Crippen LogP contribution is 2.40. The summed E-state index contributed by atoms with van der Waals surface area (Å²) in [7, 11) is 0. The second kappa shape index (κ2) is 7.19. The predicted octanol–water partition coefficient (Wildman–Crippen LogP) is 4.23. The molecule has 104 valence electrons. The van der Waals surface area contributed by atoms with Crippen LogP contribution in [0.25, 0.3) is 0 Å². The average molecular weight is 249 g/mol. The summed E-state index contributed by atoms with van der Waals surface area (Å²) in [6, 6.07) is 0.614. The van der Waals surface area contributed by atoms with Crippen molar-refractivity contribution < 1.29 is 0 Å². The van der Waals surface area contributed by atoms with Crippen LogP contribution in [0, 0.1) is 29.1 Å². The Balaban J connectivity index is 2.49. The van der Waals surface area contributed by atoms with Gasteiger partial charge in [-0.25, -0.2) is 0 Å². The number of hydrogen-bond donors (Lipinski definition) is 1. The molecule has 0 aromatic carbocycles. The Morgan fingerprint density at radius 3 is 2.22 bits per heavy atom.